The Morgan fingerprint density at radius 3 is 2.36 bits per heavy atom. The zero-order chi connectivity index (χ0) is 27.0. The number of rotatable bonds is 5. The van der Waals surface area contributed by atoms with E-state index >= 15 is 0 Å². The SMILES string of the molecule is COc1ccc(N2CCN(C(=O)C3SC4NC5(C6CCCCCC6)CC(OC)CCC5CC4C3N)CC2)cc1. The molecule has 3 saturated heterocycles. The first kappa shape index (κ1) is 27.7. The van der Waals surface area contributed by atoms with Crippen LogP contribution in [0.3, 0.4) is 0 Å². The maximum Gasteiger partial charge on any atom is 0.237 e. The van der Waals surface area contributed by atoms with Crippen LogP contribution >= 0.6 is 11.8 Å². The van der Waals surface area contributed by atoms with Crippen LogP contribution in [0.1, 0.15) is 64.2 Å². The number of thioether (sulfide) groups is 1. The maximum atomic E-state index is 13.9. The smallest absolute Gasteiger partial charge is 0.237 e. The number of ether oxygens (including phenoxy) is 2. The van der Waals surface area contributed by atoms with Crippen LogP contribution in [0.15, 0.2) is 24.3 Å². The molecule has 0 bridgehead atoms. The van der Waals surface area contributed by atoms with Gasteiger partial charge in [0.25, 0.3) is 0 Å². The van der Waals surface area contributed by atoms with E-state index in [1.807, 2.05) is 31.0 Å². The molecule has 3 N–H and O–H groups in total. The van der Waals surface area contributed by atoms with Crippen molar-refractivity contribution < 1.29 is 14.3 Å². The van der Waals surface area contributed by atoms with Crippen LogP contribution in [0.5, 0.6) is 5.75 Å². The van der Waals surface area contributed by atoms with E-state index < -0.39 is 0 Å². The Balaban J connectivity index is 1.13. The molecule has 216 valence electrons. The average Bonchev–Trinajstić information content (AvgIpc) is 3.14. The Morgan fingerprint density at radius 2 is 1.69 bits per heavy atom. The number of hydrogen-bond acceptors (Lipinski definition) is 7. The zero-order valence-corrected chi connectivity index (χ0v) is 24.7. The molecule has 3 aliphatic heterocycles. The van der Waals surface area contributed by atoms with Crippen molar-refractivity contribution in [1.29, 1.82) is 0 Å². The zero-order valence-electron chi connectivity index (χ0n) is 23.9. The third kappa shape index (κ3) is 5.31. The van der Waals surface area contributed by atoms with Crippen molar-refractivity contribution in [1.82, 2.24) is 10.2 Å². The highest BCUT2D eigenvalue weighted by Gasteiger charge is 2.59. The minimum absolute atomic E-state index is 0.0769. The quantitative estimate of drug-likeness (QED) is 0.525. The number of piperazine rings is 1. The Bertz CT molecular complexity index is 979. The van der Waals surface area contributed by atoms with Crippen molar-refractivity contribution in [2.75, 3.05) is 45.3 Å². The van der Waals surface area contributed by atoms with Gasteiger partial charge in [-0.15, -0.1) is 11.8 Å². The number of carbonyl (C=O) groups is 1. The van der Waals surface area contributed by atoms with E-state index in [2.05, 4.69) is 27.2 Å². The maximum absolute atomic E-state index is 13.9. The Labute approximate surface area is 238 Å². The molecule has 6 rings (SSSR count). The lowest BCUT2D eigenvalue weighted by Gasteiger charge is -2.57. The summed E-state index contributed by atoms with van der Waals surface area (Å²) in [6.07, 6.45) is 13.1. The van der Waals surface area contributed by atoms with Gasteiger partial charge in [-0.1, -0.05) is 25.7 Å². The molecule has 8 heteroatoms. The van der Waals surface area contributed by atoms with E-state index in [1.54, 1.807) is 7.11 Å². The molecule has 7 unspecified atom stereocenters. The van der Waals surface area contributed by atoms with Gasteiger partial charge >= 0.3 is 0 Å². The minimum Gasteiger partial charge on any atom is -0.497 e. The van der Waals surface area contributed by atoms with E-state index in [4.69, 9.17) is 15.2 Å². The van der Waals surface area contributed by atoms with Gasteiger partial charge in [-0.2, -0.15) is 0 Å². The molecule has 3 heterocycles. The predicted octanol–water partition coefficient (Wildman–Crippen LogP) is 4.25. The molecular formula is C31H48N4O3S. The number of anilines is 1. The molecule has 7 nitrogen and oxygen atoms in total. The summed E-state index contributed by atoms with van der Waals surface area (Å²) in [5.74, 6) is 2.84. The summed E-state index contributed by atoms with van der Waals surface area (Å²) < 4.78 is 11.3. The molecular weight excluding hydrogens is 508 g/mol. The summed E-state index contributed by atoms with van der Waals surface area (Å²) >= 11 is 1.84. The van der Waals surface area contributed by atoms with E-state index in [0.29, 0.717) is 23.9 Å². The molecule has 1 aromatic carbocycles. The Morgan fingerprint density at radius 1 is 0.974 bits per heavy atom. The Hall–Kier alpha value is -1.48. The van der Waals surface area contributed by atoms with Crippen molar-refractivity contribution >= 4 is 23.4 Å². The summed E-state index contributed by atoms with van der Waals surface area (Å²) in [4.78, 5) is 18.3. The van der Waals surface area contributed by atoms with Crippen LogP contribution in [0.2, 0.25) is 0 Å². The number of carbonyl (C=O) groups excluding carboxylic acids is 1. The van der Waals surface area contributed by atoms with Crippen molar-refractivity contribution in [3.05, 3.63) is 24.3 Å². The van der Waals surface area contributed by atoms with Gasteiger partial charge in [-0.25, -0.2) is 0 Å². The fraction of sp³-hybridized carbons (Fsp3) is 0.774. The standard InChI is InChI=1S/C31H48N4O3S/c1-37-24-13-10-23(11-14-24)34-15-17-35(18-16-34)30(36)28-27(32)26-19-22-9-12-25(38-2)20-31(22,33-29(26)39-28)21-7-5-3-4-6-8-21/h10-11,13-14,21-22,25-29,33H,3-9,12,15-20,32H2,1-2H3. The highest BCUT2D eigenvalue weighted by atomic mass is 32.2. The summed E-state index contributed by atoms with van der Waals surface area (Å²) in [6.45, 7) is 3.20. The van der Waals surface area contributed by atoms with Gasteiger partial charge in [0.15, 0.2) is 0 Å². The first-order chi connectivity index (χ1) is 19.0. The van der Waals surface area contributed by atoms with E-state index in [9.17, 15) is 4.79 Å². The van der Waals surface area contributed by atoms with Crippen molar-refractivity contribution in [2.45, 2.75) is 92.5 Å². The van der Waals surface area contributed by atoms with Gasteiger partial charge < -0.3 is 25.0 Å². The van der Waals surface area contributed by atoms with Crippen LogP contribution < -0.4 is 20.7 Å². The van der Waals surface area contributed by atoms with Gasteiger partial charge in [0.05, 0.1) is 18.6 Å². The average molecular weight is 557 g/mol. The fourth-order valence-electron chi connectivity index (χ4n) is 8.58. The van der Waals surface area contributed by atoms with Crippen LogP contribution in [0.4, 0.5) is 5.69 Å². The van der Waals surface area contributed by atoms with Crippen LogP contribution in [-0.4, -0.2) is 79.5 Å². The normalized spacial score (nSPS) is 37.6. The van der Waals surface area contributed by atoms with Crippen LogP contribution in [0, 0.1) is 17.8 Å². The lowest BCUT2D eigenvalue weighted by molar-refractivity contribution is -0.131. The summed E-state index contributed by atoms with van der Waals surface area (Å²) in [7, 11) is 3.58. The molecule has 0 radical (unpaired) electrons. The van der Waals surface area contributed by atoms with Gasteiger partial charge in [0.2, 0.25) is 5.91 Å². The van der Waals surface area contributed by atoms with Crippen molar-refractivity contribution in [2.24, 2.45) is 23.5 Å². The number of fused-ring (bicyclic) bond motifs is 2. The molecule has 7 atom stereocenters. The molecule has 1 aromatic rings. The molecule has 2 saturated carbocycles. The second kappa shape index (κ2) is 11.8. The molecule has 1 amide bonds. The molecule has 5 aliphatic rings. The summed E-state index contributed by atoms with van der Waals surface area (Å²) in [5.41, 5.74) is 8.28. The first-order valence-electron chi connectivity index (χ1n) is 15.4. The number of piperidine rings is 1. The van der Waals surface area contributed by atoms with Crippen molar-refractivity contribution in [3.8, 4) is 5.75 Å². The van der Waals surface area contributed by atoms with E-state index in [-0.39, 0.29) is 28.1 Å². The van der Waals surface area contributed by atoms with E-state index in [1.165, 1.54) is 50.6 Å². The number of hydrogen-bond donors (Lipinski definition) is 2. The van der Waals surface area contributed by atoms with E-state index in [0.717, 1.165) is 51.2 Å². The number of nitrogens with two attached hydrogens (primary N) is 1. The summed E-state index contributed by atoms with van der Waals surface area (Å²) in [5, 5.41) is 4.38. The monoisotopic (exact) mass is 556 g/mol. The molecule has 39 heavy (non-hydrogen) atoms. The lowest BCUT2D eigenvalue weighted by atomic mass is 9.58. The molecule has 0 aromatic heterocycles. The Kier molecular flexibility index (Phi) is 8.37. The summed E-state index contributed by atoms with van der Waals surface area (Å²) in [6, 6.07) is 8.14. The van der Waals surface area contributed by atoms with Crippen LogP contribution in [0.25, 0.3) is 0 Å². The number of nitrogens with zero attached hydrogens (tertiary/aromatic N) is 2. The second-order valence-electron chi connectivity index (χ2n) is 12.7. The third-order valence-electron chi connectivity index (χ3n) is 10.8. The second-order valence-corrected chi connectivity index (χ2v) is 14.0. The number of benzene rings is 1. The number of amides is 1. The predicted molar refractivity (Wildman–Crippen MR) is 158 cm³/mol. The van der Waals surface area contributed by atoms with Gasteiger partial charge in [-0.05, 0) is 74.6 Å². The largest absolute Gasteiger partial charge is 0.497 e. The molecule has 2 aliphatic carbocycles. The van der Waals surface area contributed by atoms with Gasteiger partial charge in [-0.3, -0.25) is 10.1 Å². The third-order valence-corrected chi connectivity index (χ3v) is 12.4. The highest BCUT2D eigenvalue weighted by Crippen LogP contribution is 2.55. The number of methoxy groups -OCH3 is 2. The highest BCUT2D eigenvalue weighted by molar-refractivity contribution is 8.01. The molecule has 0 spiro atoms. The van der Waals surface area contributed by atoms with Crippen molar-refractivity contribution in [3.63, 3.8) is 0 Å². The lowest BCUT2D eigenvalue weighted by Crippen LogP contribution is -2.67. The minimum atomic E-state index is -0.149. The van der Waals surface area contributed by atoms with Gasteiger partial charge in [0.1, 0.15) is 11.0 Å². The molecule has 5 fully saturated rings. The topological polar surface area (TPSA) is 80.1 Å². The fourth-order valence-corrected chi connectivity index (χ4v) is 10.3. The first-order valence-corrected chi connectivity index (χ1v) is 16.4. The number of nitrogens with one attached hydrogen (secondary N) is 1. The van der Waals surface area contributed by atoms with Crippen LogP contribution in [-0.2, 0) is 9.53 Å². The van der Waals surface area contributed by atoms with Gasteiger partial charge in [0, 0.05) is 56.5 Å².